The van der Waals surface area contributed by atoms with Crippen molar-refractivity contribution in [1.82, 2.24) is 14.5 Å². The quantitative estimate of drug-likeness (QED) is 0.198. The third-order valence-electron chi connectivity index (χ3n) is 7.51. The Morgan fingerprint density at radius 2 is 1.74 bits per heavy atom. The van der Waals surface area contributed by atoms with Gasteiger partial charge < -0.3 is 20.3 Å². The maximum absolute atomic E-state index is 13.6. The van der Waals surface area contributed by atoms with Gasteiger partial charge in [0.15, 0.2) is 0 Å². The highest BCUT2D eigenvalue weighted by molar-refractivity contribution is 6.41. The van der Waals surface area contributed by atoms with E-state index in [4.69, 9.17) is 27.9 Å². The summed E-state index contributed by atoms with van der Waals surface area (Å²) in [5.41, 5.74) is 0.832. The molecular weight excluding hydrogens is 644 g/mol. The fraction of sp³-hybridized carbons (Fsp3) is 0.188. The number of ether oxygens (including phenoxy) is 1. The lowest BCUT2D eigenvalue weighted by Crippen LogP contribution is -2.36. The maximum atomic E-state index is 13.6. The van der Waals surface area contributed by atoms with Gasteiger partial charge >= 0.3 is 6.18 Å². The number of alkyl halides is 3. The zero-order chi connectivity index (χ0) is 32.6. The van der Waals surface area contributed by atoms with Crippen molar-refractivity contribution in [1.29, 1.82) is 0 Å². The van der Waals surface area contributed by atoms with E-state index in [1.165, 1.54) is 22.8 Å². The van der Waals surface area contributed by atoms with Crippen LogP contribution in [0.1, 0.15) is 15.9 Å². The number of carbonyl (C=O) groups is 1. The number of nitrogens with one attached hydrogen (secondary N) is 2. The van der Waals surface area contributed by atoms with Crippen LogP contribution < -0.4 is 21.1 Å². The molecule has 0 aliphatic carbocycles. The second kappa shape index (κ2) is 12.6. The van der Waals surface area contributed by atoms with Gasteiger partial charge in [0.1, 0.15) is 5.65 Å². The molecule has 14 heteroatoms. The number of anilines is 4. The largest absolute Gasteiger partial charge is 0.416 e. The Kier molecular flexibility index (Phi) is 8.60. The summed E-state index contributed by atoms with van der Waals surface area (Å²) >= 11 is 13.1. The van der Waals surface area contributed by atoms with E-state index in [1.807, 2.05) is 24.3 Å². The van der Waals surface area contributed by atoms with Gasteiger partial charge in [-0.25, -0.2) is 4.98 Å². The van der Waals surface area contributed by atoms with E-state index in [-0.39, 0.29) is 38.4 Å². The highest BCUT2D eigenvalue weighted by atomic mass is 35.5. The molecular formula is C32H25Cl2F3N6O3. The standard InChI is InChI=1S/C32H25Cl2F3N6O3/c1-42-28-19(17-38-31(41-28)39-21-5-7-22(8-6-21)43-11-13-46-14-12-43)16-23(30(42)45)26-24(33)9-10-25(27(26)34)40-29(44)18-3-2-4-20(15-18)32(35,36)37/h2-10,15-17H,11-14H2,1H3,(H,40,44)(H,38,39,41). The van der Waals surface area contributed by atoms with Crippen LogP contribution in [-0.4, -0.2) is 46.7 Å². The smallest absolute Gasteiger partial charge is 0.378 e. The first kappa shape index (κ1) is 31.3. The van der Waals surface area contributed by atoms with Crippen molar-refractivity contribution >= 4 is 63.2 Å². The van der Waals surface area contributed by atoms with Crippen LogP contribution in [0.15, 0.2) is 77.7 Å². The molecule has 1 aliphatic rings. The number of nitrogens with zero attached hydrogens (tertiary/aromatic N) is 4. The molecule has 0 bridgehead atoms. The van der Waals surface area contributed by atoms with Gasteiger partial charge in [-0.2, -0.15) is 18.2 Å². The number of rotatable bonds is 6. The van der Waals surface area contributed by atoms with Crippen LogP contribution in [0, 0.1) is 0 Å². The minimum Gasteiger partial charge on any atom is -0.378 e. The maximum Gasteiger partial charge on any atom is 0.416 e. The number of benzene rings is 3. The van der Waals surface area contributed by atoms with Crippen LogP contribution >= 0.6 is 23.2 Å². The molecule has 5 aromatic rings. The topological polar surface area (TPSA) is 101 Å². The summed E-state index contributed by atoms with van der Waals surface area (Å²) in [6.45, 7) is 3.03. The molecule has 0 saturated carbocycles. The number of pyridine rings is 1. The van der Waals surface area contributed by atoms with Crippen LogP contribution in [0.5, 0.6) is 0 Å². The van der Waals surface area contributed by atoms with Crippen molar-refractivity contribution in [2.24, 2.45) is 7.05 Å². The molecule has 9 nitrogen and oxygen atoms in total. The molecule has 1 saturated heterocycles. The predicted octanol–water partition coefficient (Wildman–Crippen LogP) is 7.15. The molecule has 3 aromatic carbocycles. The molecule has 0 atom stereocenters. The highest BCUT2D eigenvalue weighted by Gasteiger charge is 2.31. The monoisotopic (exact) mass is 668 g/mol. The molecule has 6 rings (SSSR count). The summed E-state index contributed by atoms with van der Waals surface area (Å²) in [4.78, 5) is 37.7. The Labute approximate surface area is 270 Å². The van der Waals surface area contributed by atoms with Crippen LogP contribution in [0.25, 0.3) is 22.2 Å². The predicted molar refractivity (Wildman–Crippen MR) is 172 cm³/mol. The fourth-order valence-electron chi connectivity index (χ4n) is 5.12. The summed E-state index contributed by atoms with van der Waals surface area (Å²) in [5, 5.41) is 6.25. The van der Waals surface area contributed by atoms with Crippen molar-refractivity contribution in [3.05, 3.63) is 104 Å². The zero-order valence-corrected chi connectivity index (χ0v) is 25.7. The highest BCUT2D eigenvalue weighted by Crippen LogP contribution is 2.39. The van der Waals surface area contributed by atoms with Crippen LogP contribution in [-0.2, 0) is 18.0 Å². The van der Waals surface area contributed by atoms with Crippen LogP contribution in [0.4, 0.5) is 36.2 Å². The van der Waals surface area contributed by atoms with Crippen LogP contribution in [0.2, 0.25) is 10.0 Å². The van der Waals surface area contributed by atoms with Crippen LogP contribution in [0.3, 0.4) is 0 Å². The second-order valence-electron chi connectivity index (χ2n) is 10.5. The van der Waals surface area contributed by atoms with Gasteiger partial charge in [0, 0.05) is 54.2 Å². The number of hydrogen-bond donors (Lipinski definition) is 2. The van der Waals surface area contributed by atoms with Crippen molar-refractivity contribution in [3.63, 3.8) is 0 Å². The minimum absolute atomic E-state index is 0.0565. The number of fused-ring (bicyclic) bond motifs is 1. The van der Waals surface area contributed by atoms with Crippen molar-refractivity contribution in [2.75, 3.05) is 41.8 Å². The number of aryl methyl sites for hydroxylation is 1. The first-order chi connectivity index (χ1) is 22.0. The summed E-state index contributed by atoms with van der Waals surface area (Å²) in [6, 6.07) is 16.2. The molecule has 236 valence electrons. The Morgan fingerprint density at radius 1 is 1.00 bits per heavy atom. The fourth-order valence-corrected chi connectivity index (χ4v) is 5.74. The number of hydrogen-bond acceptors (Lipinski definition) is 7. The van der Waals surface area contributed by atoms with Gasteiger partial charge in [0.05, 0.1) is 40.1 Å². The SMILES string of the molecule is Cn1c(=O)c(-c2c(Cl)ccc(NC(=O)c3cccc(C(F)(F)F)c3)c2Cl)cc2cnc(Nc3ccc(N4CCOCC4)cc3)nc21. The van der Waals surface area contributed by atoms with Gasteiger partial charge in [0.2, 0.25) is 5.95 Å². The van der Waals surface area contributed by atoms with E-state index < -0.39 is 23.2 Å². The Balaban J connectivity index is 1.28. The van der Waals surface area contributed by atoms with E-state index >= 15 is 0 Å². The van der Waals surface area contributed by atoms with E-state index in [2.05, 4.69) is 25.5 Å². The van der Waals surface area contributed by atoms with Crippen molar-refractivity contribution in [2.45, 2.75) is 6.18 Å². The second-order valence-corrected chi connectivity index (χ2v) is 11.3. The number of carbonyl (C=O) groups excluding carboxylic acids is 1. The zero-order valence-electron chi connectivity index (χ0n) is 24.2. The van der Waals surface area contributed by atoms with Crippen molar-refractivity contribution in [3.8, 4) is 11.1 Å². The first-order valence-electron chi connectivity index (χ1n) is 14.0. The minimum atomic E-state index is -4.62. The molecule has 0 radical (unpaired) electrons. The van der Waals surface area contributed by atoms with Gasteiger partial charge in [-0.15, -0.1) is 0 Å². The molecule has 1 aliphatic heterocycles. The lowest BCUT2D eigenvalue weighted by molar-refractivity contribution is -0.137. The Bertz CT molecular complexity index is 2010. The third-order valence-corrected chi connectivity index (χ3v) is 8.22. The molecule has 0 unspecified atom stereocenters. The molecule has 2 N–H and O–H groups in total. The summed E-state index contributed by atoms with van der Waals surface area (Å²) < 4.78 is 46.2. The number of amides is 1. The molecule has 46 heavy (non-hydrogen) atoms. The summed E-state index contributed by atoms with van der Waals surface area (Å²) in [7, 11) is 1.54. The van der Waals surface area contributed by atoms with Gasteiger partial charge in [-0.1, -0.05) is 29.3 Å². The number of aromatic nitrogens is 3. The lowest BCUT2D eigenvalue weighted by atomic mass is 10.0. The molecule has 2 aromatic heterocycles. The normalized spacial score (nSPS) is 13.6. The van der Waals surface area contributed by atoms with E-state index in [9.17, 15) is 22.8 Å². The van der Waals surface area contributed by atoms with Gasteiger partial charge in [-0.3, -0.25) is 14.2 Å². The molecule has 1 fully saturated rings. The average Bonchev–Trinajstić information content (AvgIpc) is 3.05. The molecule has 1 amide bonds. The average molecular weight is 669 g/mol. The molecule has 0 spiro atoms. The number of halogens is 5. The third kappa shape index (κ3) is 6.37. The first-order valence-corrected chi connectivity index (χ1v) is 14.8. The lowest BCUT2D eigenvalue weighted by Gasteiger charge is -2.28. The van der Waals surface area contributed by atoms with Gasteiger partial charge in [0.25, 0.3) is 11.5 Å². The summed E-state index contributed by atoms with van der Waals surface area (Å²) in [6.07, 6.45) is -3.07. The van der Waals surface area contributed by atoms with E-state index in [1.54, 1.807) is 19.3 Å². The van der Waals surface area contributed by atoms with Gasteiger partial charge in [-0.05, 0) is 60.7 Å². The number of morpholine rings is 1. The molecule has 3 heterocycles. The Morgan fingerprint density at radius 3 is 2.46 bits per heavy atom. The van der Waals surface area contributed by atoms with E-state index in [0.717, 1.165) is 42.7 Å². The van der Waals surface area contributed by atoms with E-state index in [0.29, 0.717) is 24.2 Å². The summed E-state index contributed by atoms with van der Waals surface area (Å²) in [5.74, 6) is -0.540. The van der Waals surface area contributed by atoms with Crippen molar-refractivity contribution < 1.29 is 22.7 Å². The Hall–Kier alpha value is -4.65.